The molecule has 0 N–H and O–H groups in total. The molecule has 6 nitrogen and oxygen atoms in total. The molecule has 0 unspecified atom stereocenters. The van der Waals surface area contributed by atoms with Crippen molar-refractivity contribution in [2.45, 2.75) is 64.7 Å². The van der Waals surface area contributed by atoms with Gasteiger partial charge in [-0.05, 0) is 42.7 Å². The standard InChI is InChI=1S/C27H31F2NO5/c1-2-25(31)34-14-10-8-6-4-3-5-7-9-13-33-24-12-11-19-17-23(27(32)35-26(19)30-24)20-15-21(28)18-22(29)16-20/h11-12,15-18H,2-10,13-14H2,1H3. The van der Waals surface area contributed by atoms with E-state index >= 15 is 0 Å². The first-order valence-corrected chi connectivity index (χ1v) is 12.2. The van der Waals surface area contributed by atoms with Crippen LogP contribution >= 0.6 is 0 Å². The van der Waals surface area contributed by atoms with Crippen molar-refractivity contribution in [1.29, 1.82) is 0 Å². The van der Waals surface area contributed by atoms with Crippen molar-refractivity contribution in [3.8, 4) is 17.0 Å². The van der Waals surface area contributed by atoms with Gasteiger partial charge in [-0.25, -0.2) is 13.6 Å². The van der Waals surface area contributed by atoms with Gasteiger partial charge < -0.3 is 13.9 Å². The molecule has 0 aliphatic rings. The van der Waals surface area contributed by atoms with Crippen LogP contribution in [0.15, 0.2) is 45.6 Å². The first kappa shape index (κ1) is 26.3. The summed E-state index contributed by atoms with van der Waals surface area (Å²) in [6.07, 6.45) is 8.95. The SMILES string of the molecule is CCC(=O)OCCCCCCCCCCOc1ccc2cc(-c3cc(F)cc(F)c3)c(=O)oc2n1. The van der Waals surface area contributed by atoms with E-state index < -0.39 is 17.3 Å². The Bertz CT molecular complexity index is 1160. The van der Waals surface area contributed by atoms with Crippen LogP contribution in [0.3, 0.4) is 0 Å². The normalized spacial score (nSPS) is 11.1. The van der Waals surface area contributed by atoms with Gasteiger partial charge in [-0.2, -0.15) is 4.98 Å². The quantitative estimate of drug-likeness (QED) is 0.189. The second-order valence-electron chi connectivity index (χ2n) is 8.40. The Labute approximate surface area is 203 Å². The number of fused-ring (bicyclic) bond motifs is 1. The first-order valence-electron chi connectivity index (χ1n) is 12.2. The third-order valence-electron chi connectivity index (χ3n) is 5.59. The van der Waals surface area contributed by atoms with E-state index in [-0.39, 0.29) is 22.8 Å². The summed E-state index contributed by atoms with van der Waals surface area (Å²) in [5, 5.41) is 0.528. The lowest BCUT2D eigenvalue weighted by Crippen LogP contribution is -2.05. The minimum absolute atomic E-state index is 0.0614. The molecule has 0 saturated carbocycles. The maximum atomic E-state index is 13.5. The molecule has 8 heteroatoms. The Morgan fingerprint density at radius 2 is 1.51 bits per heavy atom. The maximum absolute atomic E-state index is 13.5. The van der Waals surface area contributed by atoms with Crippen molar-refractivity contribution >= 4 is 17.1 Å². The van der Waals surface area contributed by atoms with Gasteiger partial charge in [-0.1, -0.05) is 45.4 Å². The smallest absolute Gasteiger partial charge is 0.345 e. The van der Waals surface area contributed by atoms with E-state index in [9.17, 15) is 18.4 Å². The Morgan fingerprint density at radius 3 is 2.17 bits per heavy atom. The zero-order valence-corrected chi connectivity index (χ0v) is 20.0. The number of benzene rings is 1. The fraction of sp³-hybridized carbons (Fsp3) is 0.444. The van der Waals surface area contributed by atoms with E-state index in [0.717, 1.165) is 69.6 Å². The fourth-order valence-electron chi connectivity index (χ4n) is 3.70. The number of pyridine rings is 1. The molecule has 1 aromatic carbocycles. The van der Waals surface area contributed by atoms with Crippen LogP contribution in [0.2, 0.25) is 0 Å². The molecule has 0 radical (unpaired) electrons. The van der Waals surface area contributed by atoms with E-state index in [2.05, 4.69) is 4.98 Å². The molecule has 0 aliphatic heterocycles. The molecule has 3 aromatic rings. The number of carbonyl (C=O) groups excluding carboxylic acids is 1. The van der Waals surface area contributed by atoms with Crippen molar-refractivity contribution in [3.63, 3.8) is 0 Å². The Morgan fingerprint density at radius 1 is 0.886 bits per heavy atom. The summed E-state index contributed by atoms with van der Waals surface area (Å²) < 4.78 is 43.1. The highest BCUT2D eigenvalue weighted by atomic mass is 19.1. The number of esters is 1. The first-order chi connectivity index (χ1) is 17.0. The second-order valence-corrected chi connectivity index (χ2v) is 8.40. The Kier molecular flexibility index (Phi) is 10.2. The van der Waals surface area contributed by atoms with Crippen LogP contribution in [0.1, 0.15) is 64.7 Å². The number of rotatable bonds is 14. The van der Waals surface area contributed by atoms with Gasteiger partial charge in [-0.15, -0.1) is 0 Å². The molecule has 2 heterocycles. The maximum Gasteiger partial charge on any atom is 0.345 e. The van der Waals surface area contributed by atoms with Crippen LogP contribution in [0.5, 0.6) is 5.88 Å². The number of aromatic nitrogens is 1. The molecule has 2 aromatic heterocycles. The zero-order chi connectivity index (χ0) is 25.0. The lowest BCUT2D eigenvalue weighted by molar-refractivity contribution is -0.143. The lowest BCUT2D eigenvalue weighted by atomic mass is 10.1. The van der Waals surface area contributed by atoms with E-state index in [4.69, 9.17) is 13.9 Å². The monoisotopic (exact) mass is 487 g/mol. The number of carbonyl (C=O) groups is 1. The highest BCUT2D eigenvalue weighted by molar-refractivity contribution is 5.79. The van der Waals surface area contributed by atoms with Gasteiger partial charge in [0.15, 0.2) is 0 Å². The van der Waals surface area contributed by atoms with Crippen molar-refractivity contribution in [2.75, 3.05) is 13.2 Å². The predicted octanol–water partition coefficient (Wildman–Crippen LogP) is 6.59. The number of nitrogens with zero attached hydrogens (tertiary/aromatic N) is 1. The third-order valence-corrected chi connectivity index (χ3v) is 5.59. The minimum Gasteiger partial charge on any atom is -0.478 e. The molecule has 0 saturated heterocycles. The molecule has 35 heavy (non-hydrogen) atoms. The van der Waals surface area contributed by atoms with E-state index in [1.807, 2.05) is 0 Å². The number of hydrogen-bond acceptors (Lipinski definition) is 6. The summed E-state index contributed by atoms with van der Waals surface area (Å²) in [6.45, 7) is 2.82. The largest absolute Gasteiger partial charge is 0.478 e. The topological polar surface area (TPSA) is 78.6 Å². The van der Waals surface area contributed by atoms with Gasteiger partial charge in [0.05, 0.1) is 18.8 Å². The van der Waals surface area contributed by atoms with Gasteiger partial charge in [0.25, 0.3) is 0 Å². The molecule has 0 bridgehead atoms. The Hall–Kier alpha value is -3.29. The minimum atomic E-state index is -0.770. The van der Waals surface area contributed by atoms with Crippen LogP contribution in [0.25, 0.3) is 22.2 Å². The summed E-state index contributed by atoms with van der Waals surface area (Å²) in [4.78, 5) is 27.6. The average molecular weight is 488 g/mol. The number of unbranched alkanes of at least 4 members (excludes halogenated alkanes) is 7. The summed E-state index contributed by atoms with van der Waals surface area (Å²) in [6, 6.07) is 7.79. The Balaban J connectivity index is 1.37. The number of halogens is 2. The molecule has 188 valence electrons. The van der Waals surface area contributed by atoms with Crippen LogP contribution < -0.4 is 10.4 Å². The van der Waals surface area contributed by atoms with Gasteiger partial charge in [0.2, 0.25) is 11.6 Å². The van der Waals surface area contributed by atoms with E-state index in [0.29, 0.717) is 30.9 Å². The summed E-state index contributed by atoms with van der Waals surface area (Å²) in [5.41, 5.74) is -0.450. The average Bonchev–Trinajstić information content (AvgIpc) is 2.83. The predicted molar refractivity (Wildman–Crippen MR) is 129 cm³/mol. The molecule has 0 spiro atoms. The zero-order valence-electron chi connectivity index (χ0n) is 20.0. The summed E-state index contributed by atoms with van der Waals surface area (Å²) in [5.74, 6) is -1.32. The number of hydrogen-bond donors (Lipinski definition) is 0. The summed E-state index contributed by atoms with van der Waals surface area (Å²) in [7, 11) is 0. The molecule has 0 atom stereocenters. The van der Waals surface area contributed by atoms with Gasteiger partial charge in [-0.3, -0.25) is 4.79 Å². The van der Waals surface area contributed by atoms with Gasteiger partial charge in [0, 0.05) is 23.9 Å². The summed E-state index contributed by atoms with van der Waals surface area (Å²) >= 11 is 0. The lowest BCUT2D eigenvalue weighted by Gasteiger charge is -2.07. The van der Waals surface area contributed by atoms with E-state index in [1.54, 1.807) is 19.1 Å². The highest BCUT2D eigenvalue weighted by Crippen LogP contribution is 2.23. The third kappa shape index (κ3) is 8.46. The van der Waals surface area contributed by atoms with Crippen LogP contribution in [-0.2, 0) is 9.53 Å². The molecular formula is C27H31F2NO5. The van der Waals surface area contributed by atoms with Crippen molar-refractivity contribution in [1.82, 2.24) is 4.98 Å². The molecule has 0 fully saturated rings. The van der Waals surface area contributed by atoms with Gasteiger partial charge >= 0.3 is 11.6 Å². The fourth-order valence-corrected chi connectivity index (χ4v) is 3.70. The molecular weight excluding hydrogens is 456 g/mol. The van der Waals surface area contributed by atoms with Crippen molar-refractivity contribution in [3.05, 3.63) is 58.5 Å². The molecule has 3 rings (SSSR count). The van der Waals surface area contributed by atoms with Crippen LogP contribution in [0, 0.1) is 11.6 Å². The van der Waals surface area contributed by atoms with Crippen molar-refractivity contribution < 1.29 is 27.5 Å². The molecule has 0 amide bonds. The number of ether oxygens (including phenoxy) is 2. The highest BCUT2D eigenvalue weighted by Gasteiger charge is 2.12. The van der Waals surface area contributed by atoms with E-state index in [1.165, 1.54) is 6.07 Å². The second kappa shape index (κ2) is 13.6. The van der Waals surface area contributed by atoms with Crippen molar-refractivity contribution in [2.24, 2.45) is 0 Å². The van der Waals surface area contributed by atoms with Gasteiger partial charge in [0.1, 0.15) is 11.6 Å². The van der Waals surface area contributed by atoms with Crippen LogP contribution in [0.4, 0.5) is 8.78 Å². The molecule has 0 aliphatic carbocycles. The van der Waals surface area contributed by atoms with Crippen LogP contribution in [-0.4, -0.2) is 24.2 Å².